The van der Waals surface area contributed by atoms with Crippen LogP contribution in [-0.2, 0) is 0 Å². The predicted molar refractivity (Wildman–Crippen MR) is 80.4 cm³/mol. The molecule has 0 bridgehead atoms. The summed E-state index contributed by atoms with van der Waals surface area (Å²) in [5.41, 5.74) is 0. The summed E-state index contributed by atoms with van der Waals surface area (Å²) in [5.74, 6) is 1.49. The average molecular weight is 336 g/mol. The number of ether oxygens (including phenoxy) is 2. The van der Waals surface area contributed by atoms with Gasteiger partial charge in [-0.3, -0.25) is 0 Å². The van der Waals surface area contributed by atoms with E-state index in [1.54, 1.807) is 13.2 Å². The van der Waals surface area contributed by atoms with Crippen molar-refractivity contribution in [3.05, 3.63) is 23.2 Å². The molecule has 0 aromatic heterocycles. The van der Waals surface area contributed by atoms with E-state index in [9.17, 15) is 0 Å². The Hall–Kier alpha value is -0.410. The summed E-state index contributed by atoms with van der Waals surface area (Å²) < 4.78 is 10.7. The maximum atomic E-state index is 6.08. The van der Waals surface area contributed by atoms with Crippen LogP contribution in [0.3, 0.4) is 0 Å². The SMILES string of the molecule is COc1ccc(OCCCCCCCBr)c(Cl)c1. The molecule has 2 nitrogen and oxygen atoms in total. The van der Waals surface area contributed by atoms with Crippen molar-refractivity contribution in [2.24, 2.45) is 0 Å². The molecule has 0 radical (unpaired) electrons. The molecule has 0 N–H and O–H groups in total. The van der Waals surface area contributed by atoms with Crippen molar-refractivity contribution in [3.8, 4) is 11.5 Å². The van der Waals surface area contributed by atoms with E-state index in [4.69, 9.17) is 21.1 Å². The lowest BCUT2D eigenvalue weighted by atomic mass is 10.2. The molecule has 0 spiro atoms. The number of benzene rings is 1. The Bertz CT molecular complexity index is 345. The molecule has 4 heteroatoms. The first-order valence-electron chi connectivity index (χ1n) is 6.30. The van der Waals surface area contributed by atoms with Gasteiger partial charge < -0.3 is 9.47 Å². The fraction of sp³-hybridized carbons (Fsp3) is 0.571. The normalized spacial score (nSPS) is 10.4. The lowest BCUT2D eigenvalue weighted by Crippen LogP contribution is -1.98. The Morgan fingerprint density at radius 1 is 1.11 bits per heavy atom. The summed E-state index contributed by atoms with van der Waals surface area (Å²) >= 11 is 9.51. The number of methoxy groups -OCH3 is 1. The van der Waals surface area contributed by atoms with Crippen LogP contribution in [0.5, 0.6) is 11.5 Å². The first kappa shape index (κ1) is 15.6. The van der Waals surface area contributed by atoms with E-state index in [1.165, 1.54) is 25.7 Å². The molecule has 0 aliphatic rings. The molecule has 0 saturated carbocycles. The van der Waals surface area contributed by atoms with E-state index in [2.05, 4.69) is 15.9 Å². The Balaban J connectivity index is 2.19. The van der Waals surface area contributed by atoms with Crippen LogP contribution in [0.1, 0.15) is 32.1 Å². The standard InChI is InChI=1S/C14H20BrClO2/c1-17-12-7-8-14(13(16)11-12)18-10-6-4-2-3-5-9-15/h7-8,11H,2-6,9-10H2,1H3. The second kappa shape index (κ2) is 9.51. The molecule has 1 aromatic carbocycles. The minimum absolute atomic E-state index is 0.605. The van der Waals surface area contributed by atoms with Gasteiger partial charge in [-0.25, -0.2) is 0 Å². The van der Waals surface area contributed by atoms with Crippen LogP contribution in [0.25, 0.3) is 0 Å². The lowest BCUT2D eigenvalue weighted by molar-refractivity contribution is 0.304. The summed E-state index contributed by atoms with van der Waals surface area (Å²) in [6, 6.07) is 5.48. The zero-order valence-electron chi connectivity index (χ0n) is 10.8. The van der Waals surface area contributed by atoms with Crippen LogP contribution in [0.15, 0.2) is 18.2 Å². The van der Waals surface area contributed by atoms with E-state index in [1.807, 2.05) is 12.1 Å². The molecule has 1 aromatic rings. The Kier molecular flexibility index (Phi) is 8.27. The summed E-state index contributed by atoms with van der Waals surface area (Å²) in [5, 5.41) is 1.71. The third-order valence-electron chi connectivity index (χ3n) is 2.67. The second-order valence-electron chi connectivity index (χ2n) is 4.10. The molecule has 18 heavy (non-hydrogen) atoms. The molecule has 102 valence electrons. The molecule has 0 heterocycles. The van der Waals surface area contributed by atoms with Crippen molar-refractivity contribution in [2.45, 2.75) is 32.1 Å². The second-order valence-corrected chi connectivity index (χ2v) is 5.30. The fourth-order valence-electron chi connectivity index (χ4n) is 1.63. The monoisotopic (exact) mass is 334 g/mol. The lowest BCUT2D eigenvalue weighted by Gasteiger charge is -2.09. The van der Waals surface area contributed by atoms with Crippen LogP contribution in [0, 0.1) is 0 Å². The molecular weight excluding hydrogens is 316 g/mol. The third kappa shape index (κ3) is 5.96. The Morgan fingerprint density at radius 3 is 2.50 bits per heavy atom. The number of alkyl halides is 1. The quantitative estimate of drug-likeness (QED) is 0.463. The van der Waals surface area contributed by atoms with Gasteiger partial charge in [0, 0.05) is 11.4 Å². The van der Waals surface area contributed by atoms with Gasteiger partial charge in [0.1, 0.15) is 11.5 Å². The van der Waals surface area contributed by atoms with Crippen LogP contribution < -0.4 is 9.47 Å². The van der Waals surface area contributed by atoms with Crippen molar-refractivity contribution in [2.75, 3.05) is 19.0 Å². The fourth-order valence-corrected chi connectivity index (χ4v) is 2.26. The van der Waals surface area contributed by atoms with Crippen molar-refractivity contribution >= 4 is 27.5 Å². The zero-order valence-corrected chi connectivity index (χ0v) is 13.1. The van der Waals surface area contributed by atoms with Crippen LogP contribution in [-0.4, -0.2) is 19.0 Å². The number of halogens is 2. The minimum Gasteiger partial charge on any atom is -0.497 e. The highest BCUT2D eigenvalue weighted by Crippen LogP contribution is 2.28. The summed E-state index contributed by atoms with van der Waals surface area (Å²) in [6.07, 6.45) is 6.09. The molecule has 0 aliphatic carbocycles. The highest BCUT2D eigenvalue weighted by atomic mass is 79.9. The molecule has 0 atom stereocenters. The van der Waals surface area contributed by atoms with Crippen LogP contribution in [0.4, 0.5) is 0 Å². The molecule has 0 unspecified atom stereocenters. The van der Waals surface area contributed by atoms with E-state index in [0.29, 0.717) is 5.02 Å². The van der Waals surface area contributed by atoms with Crippen LogP contribution in [0.2, 0.25) is 5.02 Å². The maximum absolute atomic E-state index is 6.08. The molecule has 0 amide bonds. The first-order valence-corrected chi connectivity index (χ1v) is 7.80. The van der Waals surface area contributed by atoms with Gasteiger partial charge in [-0.1, -0.05) is 46.8 Å². The zero-order chi connectivity index (χ0) is 13.2. The third-order valence-corrected chi connectivity index (χ3v) is 3.53. The molecular formula is C14H20BrClO2. The molecule has 1 rings (SSSR count). The van der Waals surface area contributed by atoms with E-state index in [-0.39, 0.29) is 0 Å². The minimum atomic E-state index is 0.605. The molecule has 0 fully saturated rings. The number of rotatable bonds is 9. The van der Waals surface area contributed by atoms with Crippen molar-refractivity contribution < 1.29 is 9.47 Å². The first-order chi connectivity index (χ1) is 8.77. The number of hydrogen-bond acceptors (Lipinski definition) is 2. The van der Waals surface area contributed by atoms with Gasteiger partial charge in [0.05, 0.1) is 18.7 Å². The van der Waals surface area contributed by atoms with Crippen LogP contribution >= 0.6 is 27.5 Å². The number of unbranched alkanes of at least 4 members (excludes halogenated alkanes) is 4. The van der Waals surface area contributed by atoms with E-state index in [0.717, 1.165) is 29.9 Å². The van der Waals surface area contributed by atoms with Crippen molar-refractivity contribution in [1.82, 2.24) is 0 Å². The van der Waals surface area contributed by atoms with Crippen molar-refractivity contribution in [3.63, 3.8) is 0 Å². The summed E-state index contributed by atoms with van der Waals surface area (Å²) in [6.45, 7) is 0.723. The van der Waals surface area contributed by atoms with Gasteiger partial charge in [0.15, 0.2) is 0 Å². The Morgan fingerprint density at radius 2 is 1.83 bits per heavy atom. The average Bonchev–Trinajstić information content (AvgIpc) is 2.39. The summed E-state index contributed by atoms with van der Waals surface area (Å²) in [7, 11) is 1.62. The Labute approximate surface area is 123 Å². The smallest absolute Gasteiger partial charge is 0.138 e. The highest BCUT2D eigenvalue weighted by molar-refractivity contribution is 9.09. The van der Waals surface area contributed by atoms with Gasteiger partial charge in [0.25, 0.3) is 0 Å². The van der Waals surface area contributed by atoms with Gasteiger partial charge in [-0.2, -0.15) is 0 Å². The molecule has 0 saturated heterocycles. The van der Waals surface area contributed by atoms with Crippen molar-refractivity contribution in [1.29, 1.82) is 0 Å². The van der Waals surface area contributed by atoms with E-state index >= 15 is 0 Å². The topological polar surface area (TPSA) is 18.5 Å². The highest BCUT2D eigenvalue weighted by Gasteiger charge is 2.03. The van der Waals surface area contributed by atoms with Gasteiger partial charge >= 0.3 is 0 Å². The predicted octanol–water partition coefficient (Wildman–Crippen LogP) is 5.07. The van der Waals surface area contributed by atoms with Gasteiger partial charge in [-0.15, -0.1) is 0 Å². The number of hydrogen-bond donors (Lipinski definition) is 0. The summed E-state index contributed by atoms with van der Waals surface area (Å²) in [4.78, 5) is 0. The molecule has 0 aliphatic heterocycles. The van der Waals surface area contributed by atoms with Gasteiger partial charge in [-0.05, 0) is 25.0 Å². The largest absolute Gasteiger partial charge is 0.497 e. The van der Waals surface area contributed by atoms with Gasteiger partial charge in [0.2, 0.25) is 0 Å². The van der Waals surface area contributed by atoms with E-state index < -0.39 is 0 Å². The maximum Gasteiger partial charge on any atom is 0.138 e.